The third-order valence-electron chi connectivity index (χ3n) is 5.59. The molecule has 2 aromatic carbocycles. The highest BCUT2D eigenvalue weighted by Crippen LogP contribution is 2.30. The Bertz CT molecular complexity index is 1180. The SMILES string of the molecule is O=C1CCC(N2C(=O)c3cccc(CCCNC(=O)c4cc(F)cc(F)c4)c3C2=O)C(=O)N1. The average Bonchev–Trinajstić information content (AvgIpc) is 3.01. The lowest BCUT2D eigenvalue weighted by Gasteiger charge is -2.27. The van der Waals surface area contributed by atoms with Crippen molar-refractivity contribution in [2.24, 2.45) is 0 Å². The zero-order chi connectivity index (χ0) is 23.7. The van der Waals surface area contributed by atoms with Crippen molar-refractivity contribution < 1.29 is 32.8 Å². The second kappa shape index (κ2) is 8.89. The maximum Gasteiger partial charge on any atom is 0.262 e. The Morgan fingerprint density at radius 3 is 2.48 bits per heavy atom. The summed E-state index contributed by atoms with van der Waals surface area (Å²) in [5.74, 6) is -4.67. The Kier molecular flexibility index (Phi) is 5.99. The first kappa shape index (κ1) is 22.3. The van der Waals surface area contributed by atoms with Crippen LogP contribution in [0, 0.1) is 11.6 Å². The minimum absolute atomic E-state index is 0.0333. The number of nitrogens with one attached hydrogen (secondary N) is 2. The molecule has 10 heteroatoms. The molecule has 0 radical (unpaired) electrons. The van der Waals surface area contributed by atoms with E-state index in [1.807, 2.05) is 0 Å². The number of benzene rings is 2. The third kappa shape index (κ3) is 4.36. The van der Waals surface area contributed by atoms with Crippen LogP contribution in [0.15, 0.2) is 36.4 Å². The predicted octanol–water partition coefficient (Wildman–Crippen LogP) is 1.73. The number of amides is 5. The quantitative estimate of drug-likeness (QED) is 0.509. The van der Waals surface area contributed by atoms with Crippen molar-refractivity contribution in [3.63, 3.8) is 0 Å². The average molecular weight is 455 g/mol. The Morgan fingerprint density at radius 2 is 1.79 bits per heavy atom. The van der Waals surface area contributed by atoms with E-state index < -0.39 is 47.2 Å². The second-order valence-corrected chi connectivity index (χ2v) is 7.80. The van der Waals surface area contributed by atoms with E-state index in [2.05, 4.69) is 10.6 Å². The maximum atomic E-state index is 13.3. The number of rotatable bonds is 6. The van der Waals surface area contributed by atoms with Crippen molar-refractivity contribution in [3.05, 3.63) is 70.3 Å². The van der Waals surface area contributed by atoms with Crippen LogP contribution in [-0.4, -0.2) is 47.0 Å². The van der Waals surface area contributed by atoms with Gasteiger partial charge in [-0.15, -0.1) is 0 Å². The minimum atomic E-state index is -1.05. The van der Waals surface area contributed by atoms with E-state index in [0.29, 0.717) is 24.5 Å². The van der Waals surface area contributed by atoms with Gasteiger partial charge in [0.15, 0.2) is 0 Å². The summed E-state index contributed by atoms with van der Waals surface area (Å²) < 4.78 is 26.6. The van der Waals surface area contributed by atoms with Gasteiger partial charge >= 0.3 is 0 Å². The van der Waals surface area contributed by atoms with Crippen LogP contribution in [-0.2, 0) is 16.0 Å². The van der Waals surface area contributed by atoms with Gasteiger partial charge in [-0.1, -0.05) is 12.1 Å². The number of hydrogen-bond donors (Lipinski definition) is 2. The Balaban J connectivity index is 1.42. The summed E-state index contributed by atoms with van der Waals surface area (Å²) in [6.45, 7) is 0.166. The number of carbonyl (C=O) groups is 5. The van der Waals surface area contributed by atoms with Crippen LogP contribution in [0.5, 0.6) is 0 Å². The lowest BCUT2D eigenvalue weighted by Crippen LogP contribution is -2.54. The summed E-state index contributed by atoms with van der Waals surface area (Å²) in [5, 5.41) is 4.71. The molecule has 1 fully saturated rings. The molecule has 5 amide bonds. The molecule has 0 aliphatic carbocycles. The largest absolute Gasteiger partial charge is 0.352 e. The standard InChI is InChI=1S/C23H19F2N3O5/c24-14-9-13(10-15(25)11-14)20(30)26-8-2-4-12-3-1-5-16-19(12)23(33)28(22(16)32)17-6-7-18(29)27-21(17)31/h1,3,5,9-11,17H,2,4,6-8H2,(H,26,30)(H,27,29,31). The third-order valence-corrected chi connectivity index (χ3v) is 5.59. The molecule has 1 unspecified atom stereocenters. The summed E-state index contributed by atoms with van der Waals surface area (Å²) in [7, 11) is 0. The first-order valence-electron chi connectivity index (χ1n) is 10.3. The van der Waals surface area contributed by atoms with Gasteiger partial charge in [-0.3, -0.25) is 34.2 Å². The zero-order valence-electron chi connectivity index (χ0n) is 17.3. The van der Waals surface area contributed by atoms with Gasteiger partial charge in [-0.2, -0.15) is 0 Å². The molecule has 4 rings (SSSR count). The number of halogens is 2. The summed E-state index contributed by atoms with van der Waals surface area (Å²) >= 11 is 0. The van der Waals surface area contributed by atoms with Gasteiger partial charge in [0.2, 0.25) is 11.8 Å². The fourth-order valence-corrected chi connectivity index (χ4v) is 4.06. The lowest BCUT2D eigenvalue weighted by molar-refractivity contribution is -0.136. The van der Waals surface area contributed by atoms with Crippen molar-refractivity contribution in [3.8, 4) is 0 Å². The highest BCUT2D eigenvalue weighted by atomic mass is 19.1. The van der Waals surface area contributed by atoms with E-state index in [0.717, 1.165) is 17.0 Å². The molecule has 0 spiro atoms. The van der Waals surface area contributed by atoms with E-state index in [9.17, 15) is 32.8 Å². The number of aryl methyl sites for hydroxylation is 1. The highest BCUT2D eigenvalue weighted by Gasteiger charge is 2.45. The van der Waals surface area contributed by atoms with Crippen LogP contribution < -0.4 is 10.6 Å². The molecule has 0 bridgehead atoms. The number of fused-ring (bicyclic) bond motifs is 1. The Hall–Kier alpha value is -3.95. The summed E-state index contributed by atoms with van der Waals surface area (Å²) in [5.41, 5.74) is 0.813. The fourth-order valence-electron chi connectivity index (χ4n) is 4.06. The fraction of sp³-hybridized carbons (Fsp3) is 0.261. The molecular weight excluding hydrogens is 436 g/mol. The molecule has 170 valence electrons. The van der Waals surface area contributed by atoms with E-state index in [-0.39, 0.29) is 36.1 Å². The molecule has 2 N–H and O–H groups in total. The van der Waals surface area contributed by atoms with Crippen molar-refractivity contribution in [1.29, 1.82) is 0 Å². The zero-order valence-corrected chi connectivity index (χ0v) is 17.3. The molecule has 1 atom stereocenters. The van der Waals surface area contributed by atoms with E-state index in [1.165, 1.54) is 6.07 Å². The van der Waals surface area contributed by atoms with Crippen LogP contribution in [0.3, 0.4) is 0 Å². The van der Waals surface area contributed by atoms with Gasteiger partial charge in [-0.05, 0) is 43.0 Å². The van der Waals surface area contributed by atoms with Crippen LogP contribution in [0.1, 0.15) is 55.9 Å². The molecule has 2 aliphatic heterocycles. The molecule has 2 heterocycles. The molecule has 0 saturated carbocycles. The van der Waals surface area contributed by atoms with E-state index in [1.54, 1.807) is 12.1 Å². The van der Waals surface area contributed by atoms with Crippen LogP contribution in [0.25, 0.3) is 0 Å². The Morgan fingerprint density at radius 1 is 1.06 bits per heavy atom. The van der Waals surface area contributed by atoms with Crippen LogP contribution in [0.2, 0.25) is 0 Å². The number of piperidine rings is 1. The maximum absolute atomic E-state index is 13.3. The number of nitrogens with zero attached hydrogens (tertiary/aromatic N) is 1. The smallest absolute Gasteiger partial charge is 0.262 e. The summed E-state index contributed by atoms with van der Waals surface area (Å²) in [4.78, 5) is 62.5. The van der Waals surface area contributed by atoms with Gasteiger partial charge in [0.25, 0.3) is 17.7 Å². The summed E-state index contributed by atoms with van der Waals surface area (Å²) in [6.07, 6.45) is 0.826. The van der Waals surface area contributed by atoms with E-state index >= 15 is 0 Å². The van der Waals surface area contributed by atoms with Gasteiger partial charge < -0.3 is 5.32 Å². The second-order valence-electron chi connectivity index (χ2n) is 7.80. The predicted molar refractivity (Wildman–Crippen MR) is 110 cm³/mol. The normalized spacial score (nSPS) is 17.8. The molecule has 0 aromatic heterocycles. The first-order valence-corrected chi connectivity index (χ1v) is 10.3. The number of hydrogen-bond acceptors (Lipinski definition) is 5. The highest BCUT2D eigenvalue weighted by molar-refractivity contribution is 6.24. The van der Waals surface area contributed by atoms with Crippen molar-refractivity contribution in [2.75, 3.05) is 6.54 Å². The van der Waals surface area contributed by atoms with Gasteiger partial charge in [0, 0.05) is 24.6 Å². The molecular formula is C23H19F2N3O5. The van der Waals surface area contributed by atoms with Crippen LogP contribution in [0.4, 0.5) is 8.78 Å². The van der Waals surface area contributed by atoms with Crippen molar-refractivity contribution in [1.82, 2.24) is 15.5 Å². The monoisotopic (exact) mass is 455 g/mol. The minimum Gasteiger partial charge on any atom is -0.352 e. The van der Waals surface area contributed by atoms with Gasteiger partial charge in [-0.25, -0.2) is 8.78 Å². The molecule has 2 aromatic rings. The van der Waals surface area contributed by atoms with E-state index in [4.69, 9.17) is 0 Å². The first-order chi connectivity index (χ1) is 15.8. The molecule has 1 saturated heterocycles. The molecule has 8 nitrogen and oxygen atoms in total. The van der Waals surface area contributed by atoms with Gasteiger partial charge in [0.1, 0.15) is 17.7 Å². The topological polar surface area (TPSA) is 113 Å². The molecule has 33 heavy (non-hydrogen) atoms. The lowest BCUT2D eigenvalue weighted by atomic mass is 9.99. The van der Waals surface area contributed by atoms with Crippen molar-refractivity contribution in [2.45, 2.75) is 31.7 Å². The van der Waals surface area contributed by atoms with Crippen LogP contribution >= 0.6 is 0 Å². The van der Waals surface area contributed by atoms with Gasteiger partial charge in [0.05, 0.1) is 11.1 Å². The molecule has 2 aliphatic rings. The Labute approximate surface area is 186 Å². The summed E-state index contributed by atoms with van der Waals surface area (Å²) in [6, 6.07) is 6.29. The van der Waals surface area contributed by atoms with Crippen molar-refractivity contribution >= 4 is 29.5 Å². The number of carbonyl (C=O) groups excluding carboxylic acids is 5. The number of imide groups is 2.